The number of nitrogens with zero attached hydrogens (tertiary/aromatic N) is 2. The van der Waals surface area contributed by atoms with Crippen molar-refractivity contribution in [2.75, 3.05) is 19.0 Å². The molecule has 2 N–H and O–H groups in total. The number of carbonyl (C=O) groups is 3. The van der Waals surface area contributed by atoms with E-state index in [0.717, 1.165) is 33.1 Å². The molecule has 1 saturated heterocycles. The maximum Gasteiger partial charge on any atom is 0.329 e. The Labute approximate surface area is 258 Å². The van der Waals surface area contributed by atoms with Gasteiger partial charge in [-0.3, -0.25) is 9.59 Å². The lowest BCUT2D eigenvalue weighted by molar-refractivity contribution is -0.127. The first-order valence-corrected chi connectivity index (χ1v) is 14.0. The van der Waals surface area contributed by atoms with E-state index in [1.165, 1.54) is 7.11 Å². The number of rotatable bonds is 9. The minimum atomic E-state index is -0.671. The van der Waals surface area contributed by atoms with Crippen LogP contribution in [0.4, 0.5) is 10.5 Å². The van der Waals surface area contributed by atoms with Gasteiger partial charge in [0.25, 0.3) is 5.91 Å². The molecule has 0 radical (unpaired) electrons. The molecule has 5 rings (SSSR count). The number of urea groups is 1. The largest absolute Gasteiger partial charge is 0.495 e. The average Bonchev–Trinajstić information content (AvgIpc) is 3.41. The summed E-state index contributed by atoms with van der Waals surface area (Å²) in [5.74, 6) is 0.0195. The highest BCUT2D eigenvalue weighted by atomic mass is 35.5. The Morgan fingerprint density at radius 1 is 1.00 bits per heavy atom. The number of halogens is 2. The van der Waals surface area contributed by atoms with Crippen molar-refractivity contribution in [1.82, 2.24) is 14.8 Å². The zero-order valence-corrected chi connectivity index (χ0v) is 25.1. The quantitative estimate of drug-likeness (QED) is 0.164. The fourth-order valence-electron chi connectivity index (χ4n) is 4.77. The number of aryl methyl sites for hydroxylation is 1. The number of para-hydroxylation sites is 2. The summed E-state index contributed by atoms with van der Waals surface area (Å²) in [4.78, 5) is 39.2. The molecule has 0 bridgehead atoms. The molecule has 4 aromatic rings. The van der Waals surface area contributed by atoms with Crippen molar-refractivity contribution in [1.29, 1.82) is 0 Å². The van der Waals surface area contributed by atoms with Crippen LogP contribution in [0.3, 0.4) is 0 Å². The van der Waals surface area contributed by atoms with E-state index in [-0.39, 0.29) is 5.70 Å². The third kappa shape index (κ3) is 6.53. The normalized spacial score (nSPS) is 13.8. The number of carbonyl (C=O) groups excluding carboxylic acids is 3. The van der Waals surface area contributed by atoms with E-state index in [2.05, 4.69) is 10.6 Å². The van der Waals surface area contributed by atoms with Crippen molar-refractivity contribution in [3.8, 4) is 17.2 Å². The van der Waals surface area contributed by atoms with Crippen molar-refractivity contribution in [3.63, 3.8) is 0 Å². The topological polar surface area (TPSA) is 102 Å². The molecule has 43 heavy (non-hydrogen) atoms. The molecule has 3 aromatic carbocycles. The van der Waals surface area contributed by atoms with Crippen LogP contribution >= 0.6 is 23.2 Å². The van der Waals surface area contributed by atoms with Crippen molar-refractivity contribution in [2.45, 2.75) is 20.5 Å². The van der Waals surface area contributed by atoms with E-state index < -0.39 is 24.4 Å². The first-order chi connectivity index (χ1) is 20.6. The summed E-state index contributed by atoms with van der Waals surface area (Å²) in [5, 5.41) is 6.37. The second-order valence-electron chi connectivity index (χ2n) is 9.81. The number of anilines is 1. The van der Waals surface area contributed by atoms with Gasteiger partial charge < -0.3 is 24.7 Å². The van der Waals surface area contributed by atoms with Crippen LogP contribution in [0.15, 0.2) is 78.5 Å². The molecule has 220 valence electrons. The van der Waals surface area contributed by atoms with E-state index in [4.69, 9.17) is 32.7 Å². The summed E-state index contributed by atoms with van der Waals surface area (Å²) >= 11 is 12.2. The third-order valence-electron chi connectivity index (χ3n) is 6.92. The van der Waals surface area contributed by atoms with Crippen LogP contribution in [0.25, 0.3) is 11.8 Å². The zero-order valence-electron chi connectivity index (χ0n) is 23.6. The molecule has 2 heterocycles. The van der Waals surface area contributed by atoms with Gasteiger partial charge in [0, 0.05) is 32.7 Å². The third-order valence-corrected chi connectivity index (χ3v) is 7.51. The van der Waals surface area contributed by atoms with Gasteiger partial charge in [0.2, 0.25) is 5.91 Å². The number of benzene rings is 3. The number of imide groups is 1. The predicted octanol–water partition coefficient (Wildman–Crippen LogP) is 6.52. The molecule has 0 unspecified atom stereocenters. The van der Waals surface area contributed by atoms with Crippen LogP contribution in [0, 0.1) is 13.8 Å². The van der Waals surface area contributed by atoms with Gasteiger partial charge in [0.1, 0.15) is 30.3 Å². The summed E-state index contributed by atoms with van der Waals surface area (Å²) < 4.78 is 13.2. The molecule has 0 saturated carbocycles. The molecule has 1 aromatic heterocycles. The van der Waals surface area contributed by atoms with Gasteiger partial charge >= 0.3 is 6.03 Å². The smallest absolute Gasteiger partial charge is 0.329 e. The summed E-state index contributed by atoms with van der Waals surface area (Å²) in [6, 6.07) is 21.0. The molecule has 1 aliphatic rings. The molecule has 1 aliphatic heterocycles. The van der Waals surface area contributed by atoms with Crippen LogP contribution in [0.1, 0.15) is 22.5 Å². The van der Waals surface area contributed by atoms with Gasteiger partial charge in [-0.25, -0.2) is 9.69 Å². The Hall–Kier alpha value is -4.73. The molecule has 1 fully saturated rings. The number of nitrogens with one attached hydrogen (secondary N) is 2. The van der Waals surface area contributed by atoms with E-state index >= 15 is 0 Å². The summed E-state index contributed by atoms with van der Waals surface area (Å²) in [6.07, 6.45) is 1.62. The van der Waals surface area contributed by atoms with Crippen LogP contribution in [-0.2, 0) is 16.2 Å². The van der Waals surface area contributed by atoms with Gasteiger partial charge in [-0.2, -0.15) is 0 Å². The van der Waals surface area contributed by atoms with E-state index in [0.29, 0.717) is 33.8 Å². The lowest BCUT2D eigenvalue weighted by Gasteiger charge is -2.13. The Balaban J connectivity index is 1.27. The molecule has 9 nitrogen and oxygen atoms in total. The van der Waals surface area contributed by atoms with E-state index in [9.17, 15) is 14.4 Å². The summed E-state index contributed by atoms with van der Waals surface area (Å²) in [6.45, 7) is 3.72. The fraction of sp³-hybridized carbons (Fsp3) is 0.156. The van der Waals surface area contributed by atoms with E-state index in [1.807, 2.05) is 54.8 Å². The first-order valence-electron chi connectivity index (χ1n) is 13.3. The predicted molar refractivity (Wildman–Crippen MR) is 166 cm³/mol. The summed E-state index contributed by atoms with van der Waals surface area (Å²) in [5.41, 5.74) is 4.79. The lowest BCUT2D eigenvalue weighted by Crippen LogP contribution is -2.38. The van der Waals surface area contributed by atoms with E-state index in [1.54, 1.807) is 42.5 Å². The van der Waals surface area contributed by atoms with Crippen molar-refractivity contribution in [3.05, 3.63) is 111 Å². The Kier molecular flexibility index (Phi) is 8.75. The highest BCUT2D eigenvalue weighted by Gasteiger charge is 2.35. The highest BCUT2D eigenvalue weighted by Crippen LogP contribution is 2.27. The zero-order chi connectivity index (χ0) is 30.7. The molecular weight excluding hydrogens is 591 g/mol. The minimum absolute atomic E-state index is 0.0833. The number of methoxy groups -OCH3 is 1. The Morgan fingerprint density at radius 3 is 2.47 bits per heavy atom. The Morgan fingerprint density at radius 2 is 1.74 bits per heavy atom. The second-order valence-corrected chi connectivity index (χ2v) is 10.7. The van der Waals surface area contributed by atoms with Gasteiger partial charge in [-0.15, -0.1) is 0 Å². The van der Waals surface area contributed by atoms with Gasteiger partial charge in [-0.05, 0) is 80.1 Å². The number of aromatic nitrogens is 1. The van der Waals surface area contributed by atoms with Crippen LogP contribution in [0.2, 0.25) is 10.0 Å². The van der Waals surface area contributed by atoms with Crippen LogP contribution < -0.4 is 20.1 Å². The Bertz CT molecular complexity index is 1750. The fourth-order valence-corrected chi connectivity index (χ4v) is 5.24. The van der Waals surface area contributed by atoms with Crippen LogP contribution in [0.5, 0.6) is 11.5 Å². The average molecular weight is 620 g/mol. The summed E-state index contributed by atoms with van der Waals surface area (Å²) in [7, 11) is 1.49. The SMILES string of the molecule is COc1ccccc1NC(=O)CN1C(=O)N/C(=C/c2cc(C)n(-c3ccc(OCc4ccc(Cl)cc4Cl)cc3)c2C)C1=O. The number of ether oxygens (including phenoxy) is 2. The molecule has 4 amide bonds. The monoisotopic (exact) mass is 618 g/mol. The van der Waals surface area contributed by atoms with Crippen molar-refractivity contribution in [2.24, 2.45) is 0 Å². The lowest BCUT2D eigenvalue weighted by atomic mass is 10.2. The van der Waals surface area contributed by atoms with Crippen LogP contribution in [-0.4, -0.2) is 41.0 Å². The number of hydrogen-bond donors (Lipinski definition) is 2. The van der Waals surface area contributed by atoms with Crippen molar-refractivity contribution >= 4 is 52.8 Å². The highest BCUT2D eigenvalue weighted by molar-refractivity contribution is 6.35. The number of amides is 4. The standard InChI is InChI=1S/C32H28Cl2N4O5/c1-19-14-22(15-28-31(40)37(32(41)36-28)17-30(39)35-27-6-4-5-7-29(27)42-3)20(2)38(19)24-10-12-25(13-11-24)43-18-21-8-9-23(33)16-26(21)34/h4-16H,17-18H2,1-3H3,(H,35,39)(H,36,41)/b28-15+. The minimum Gasteiger partial charge on any atom is -0.495 e. The maximum atomic E-state index is 13.1. The molecular formula is C32H28Cl2N4O5. The van der Waals surface area contributed by atoms with Gasteiger partial charge in [-0.1, -0.05) is 41.4 Å². The number of hydrogen-bond acceptors (Lipinski definition) is 5. The maximum absolute atomic E-state index is 13.1. The molecule has 0 aliphatic carbocycles. The second kappa shape index (κ2) is 12.6. The van der Waals surface area contributed by atoms with Gasteiger partial charge in [0.05, 0.1) is 12.8 Å². The molecule has 0 atom stereocenters. The van der Waals surface area contributed by atoms with Crippen molar-refractivity contribution < 1.29 is 23.9 Å². The molecule has 0 spiro atoms. The van der Waals surface area contributed by atoms with Gasteiger partial charge in [0.15, 0.2) is 0 Å². The first kappa shape index (κ1) is 29.8. The molecule has 11 heteroatoms.